The van der Waals surface area contributed by atoms with Gasteiger partial charge in [-0.25, -0.2) is 18.0 Å². The molecule has 0 aliphatic carbocycles. The van der Waals surface area contributed by atoms with E-state index in [-0.39, 0.29) is 6.42 Å². The van der Waals surface area contributed by atoms with Gasteiger partial charge in [-0.05, 0) is 30.2 Å². The number of carbonyl (C=O) groups is 4. The number of halogens is 3. The molecule has 1 atom stereocenters. The number of esters is 1. The molecule has 176 valence electrons. The summed E-state index contributed by atoms with van der Waals surface area (Å²) in [6.45, 7) is 0.396. The minimum atomic E-state index is -1.75. The number of hydrogen-bond donors (Lipinski definition) is 4. The molecule has 0 radical (unpaired) electrons. The Morgan fingerprint density at radius 2 is 1.70 bits per heavy atom. The van der Waals surface area contributed by atoms with E-state index >= 15 is 0 Å². The third kappa shape index (κ3) is 7.52. The number of nitrogens with one attached hydrogen (secondary N) is 3. The van der Waals surface area contributed by atoms with Crippen molar-refractivity contribution in [3.63, 3.8) is 0 Å². The Labute approximate surface area is 186 Å². The summed E-state index contributed by atoms with van der Waals surface area (Å²) in [6.07, 6.45) is -0.309. The average molecular weight is 466 g/mol. The number of amides is 4. The molecule has 5 N–H and O–H groups in total. The largest absolute Gasteiger partial charge is 0.456 e. The molecule has 0 aliphatic rings. The normalized spacial score (nSPS) is 11.3. The second kappa shape index (κ2) is 11.5. The lowest BCUT2D eigenvalue weighted by atomic mass is 9.99. The molecule has 0 saturated carbocycles. The molecule has 0 spiro atoms. The van der Waals surface area contributed by atoms with E-state index in [0.29, 0.717) is 11.6 Å². The molecule has 0 saturated heterocycles. The van der Waals surface area contributed by atoms with Crippen LogP contribution in [-0.4, -0.2) is 37.0 Å². The van der Waals surface area contributed by atoms with Gasteiger partial charge in [0.1, 0.15) is 0 Å². The quantitative estimate of drug-likeness (QED) is 0.330. The number of carbonyl (C=O) groups excluding carboxylic acids is 4. The fourth-order valence-electron chi connectivity index (χ4n) is 2.81. The van der Waals surface area contributed by atoms with Gasteiger partial charge >= 0.3 is 12.0 Å². The maximum atomic E-state index is 13.6. The smallest absolute Gasteiger partial charge is 0.312 e. The van der Waals surface area contributed by atoms with Crippen LogP contribution in [0.5, 0.6) is 0 Å². The minimum absolute atomic E-state index is 0.309. The van der Waals surface area contributed by atoms with Crippen LogP contribution in [-0.2, 0) is 19.1 Å². The number of primary amides is 1. The van der Waals surface area contributed by atoms with Crippen LogP contribution in [0.1, 0.15) is 23.6 Å². The van der Waals surface area contributed by atoms with Crippen molar-refractivity contribution >= 4 is 29.5 Å². The third-order valence-corrected chi connectivity index (χ3v) is 4.37. The Morgan fingerprint density at radius 1 is 1.00 bits per heavy atom. The van der Waals surface area contributed by atoms with Crippen LogP contribution in [0.2, 0.25) is 0 Å². The summed E-state index contributed by atoms with van der Waals surface area (Å²) in [4.78, 5) is 47.0. The number of urea groups is 1. The van der Waals surface area contributed by atoms with Crippen molar-refractivity contribution in [1.29, 1.82) is 0 Å². The maximum Gasteiger partial charge on any atom is 0.312 e. The first kappa shape index (κ1) is 25.2. The van der Waals surface area contributed by atoms with Crippen molar-refractivity contribution in [1.82, 2.24) is 10.6 Å². The van der Waals surface area contributed by atoms with Crippen LogP contribution >= 0.6 is 0 Å². The molecule has 4 amide bonds. The molecule has 0 fully saturated rings. The second-order valence-corrected chi connectivity index (χ2v) is 6.83. The van der Waals surface area contributed by atoms with Crippen LogP contribution < -0.4 is 21.7 Å². The molecule has 0 unspecified atom stereocenters. The van der Waals surface area contributed by atoms with E-state index in [1.54, 1.807) is 31.2 Å². The van der Waals surface area contributed by atoms with Crippen molar-refractivity contribution in [3.05, 3.63) is 65.0 Å². The summed E-state index contributed by atoms with van der Waals surface area (Å²) >= 11 is 0. The summed E-state index contributed by atoms with van der Waals surface area (Å²) in [5.41, 5.74) is 5.99. The molecule has 9 nitrogen and oxygen atoms in total. The Balaban J connectivity index is 1.83. The Hall–Kier alpha value is -4.09. The van der Waals surface area contributed by atoms with Gasteiger partial charge in [0.25, 0.3) is 5.91 Å². The zero-order valence-corrected chi connectivity index (χ0v) is 17.4. The van der Waals surface area contributed by atoms with Gasteiger partial charge in [0.15, 0.2) is 24.1 Å². The van der Waals surface area contributed by atoms with Crippen LogP contribution in [0.25, 0.3) is 0 Å². The van der Waals surface area contributed by atoms with Crippen molar-refractivity contribution in [2.24, 2.45) is 5.73 Å². The average Bonchev–Trinajstić information content (AvgIpc) is 2.76. The van der Waals surface area contributed by atoms with Crippen molar-refractivity contribution in [3.8, 4) is 0 Å². The van der Waals surface area contributed by atoms with Gasteiger partial charge in [0.05, 0.1) is 24.7 Å². The number of ether oxygens (including phenoxy) is 1. The van der Waals surface area contributed by atoms with Gasteiger partial charge in [-0.15, -0.1) is 0 Å². The molecule has 0 aromatic heterocycles. The first-order valence-corrected chi connectivity index (χ1v) is 9.55. The number of aryl methyl sites for hydroxylation is 1. The second-order valence-electron chi connectivity index (χ2n) is 6.83. The highest BCUT2D eigenvalue weighted by atomic mass is 19.2. The zero-order chi connectivity index (χ0) is 24.5. The van der Waals surface area contributed by atoms with E-state index in [2.05, 4.69) is 10.6 Å². The topological polar surface area (TPSA) is 140 Å². The molecule has 0 heterocycles. The van der Waals surface area contributed by atoms with Crippen LogP contribution in [0, 0.1) is 24.4 Å². The standard InChI is InChI=1S/C21H21F3N4O5/c1-11-4-2-3-5-12(11)15(28-21(25)32)8-18(31)33-10-17(30)26-9-16(29)27-14-7-6-13(22)19(23)20(14)24/h2-7,15H,8-10H2,1H3,(H,26,30)(H,27,29)(H3,25,28,32)/t15-/m0/s1. The summed E-state index contributed by atoms with van der Waals surface area (Å²) in [5.74, 6) is -7.35. The predicted octanol–water partition coefficient (Wildman–Crippen LogP) is 1.81. The summed E-state index contributed by atoms with van der Waals surface area (Å²) < 4.78 is 44.5. The van der Waals surface area contributed by atoms with Crippen LogP contribution in [0.4, 0.5) is 23.7 Å². The molecule has 2 rings (SSSR count). The summed E-state index contributed by atoms with van der Waals surface area (Å²) in [6, 6.07) is 6.79. The number of nitrogens with two attached hydrogens (primary N) is 1. The van der Waals surface area contributed by atoms with Gasteiger partial charge < -0.3 is 26.4 Å². The van der Waals surface area contributed by atoms with Gasteiger partial charge in [0, 0.05) is 0 Å². The summed E-state index contributed by atoms with van der Waals surface area (Å²) in [7, 11) is 0. The summed E-state index contributed by atoms with van der Waals surface area (Å²) in [5, 5.41) is 6.53. The third-order valence-electron chi connectivity index (χ3n) is 4.37. The van der Waals surface area contributed by atoms with E-state index in [1.807, 2.05) is 5.32 Å². The molecular formula is C21H21F3N4O5. The number of rotatable bonds is 9. The van der Waals surface area contributed by atoms with Gasteiger partial charge in [-0.2, -0.15) is 0 Å². The molecule has 2 aromatic carbocycles. The van der Waals surface area contributed by atoms with E-state index in [4.69, 9.17) is 10.5 Å². The first-order chi connectivity index (χ1) is 15.6. The lowest BCUT2D eigenvalue weighted by molar-refractivity contribution is -0.149. The molecule has 0 aliphatic heterocycles. The highest BCUT2D eigenvalue weighted by Gasteiger charge is 2.21. The lowest BCUT2D eigenvalue weighted by Gasteiger charge is -2.19. The number of anilines is 1. The van der Waals surface area contributed by atoms with E-state index in [0.717, 1.165) is 11.6 Å². The molecular weight excluding hydrogens is 445 g/mol. The van der Waals surface area contributed by atoms with Gasteiger partial charge in [-0.3, -0.25) is 14.4 Å². The number of hydrogen-bond acceptors (Lipinski definition) is 5. The maximum absolute atomic E-state index is 13.6. The van der Waals surface area contributed by atoms with Crippen molar-refractivity contribution in [2.75, 3.05) is 18.5 Å². The van der Waals surface area contributed by atoms with Crippen molar-refractivity contribution < 1.29 is 37.1 Å². The molecule has 33 heavy (non-hydrogen) atoms. The fraction of sp³-hybridized carbons (Fsp3) is 0.238. The predicted molar refractivity (Wildman–Crippen MR) is 110 cm³/mol. The van der Waals surface area contributed by atoms with E-state index < -0.39 is 66.1 Å². The SMILES string of the molecule is Cc1ccccc1[C@H](CC(=O)OCC(=O)NCC(=O)Nc1ccc(F)c(F)c1F)NC(N)=O. The highest BCUT2D eigenvalue weighted by Crippen LogP contribution is 2.21. The van der Waals surface area contributed by atoms with Crippen molar-refractivity contribution in [2.45, 2.75) is 19.4 Å². The van der Waals surface area contributed by atoms with Gasteiger partial charge in [-0.1, -0.05) is 24.3 Å². The molecule has 0 bridgehead atoms. The highest BCUT2D eigenvalue weighted by molar-refractivity contribution is 5.95. The van der Waals surface area contributed by atoms with E-state index in [9.17, 15) is 32.3 Å². The van der Waals surface area contributed by atoms with Gasteiger partial charge in [0.2, 0.25) is 5.91 Å². The molecule has 2 aromatic rings. The fourth-order valence-corrected chi connectivity index (χ4v) is 2.81. The van der Waals surface area contributed by atoms with Crippen LogP contribution in [0.15, 0.2) is 36.4 Å². The lowest BCUT2D eigenvalue weighted by Crippen LogP contribution is -2.37. The Morgan fingerprint density at radius 3 is 2.36 bits per heavy atom. The number of benzene rings is 2. The first-order valence-electron chi connectivity index (χ1n) is 9.55. The zero-order valence-electron chi connectivity index (χ0n) is 17.4. The Bertz CT molecular complexity index is 1060. The molecule has 12 heteroatoms. The monoisotopic (exact) mass is 466 g/mol. The minimum Gasteiger partial charge on any atom is -0.456 e. The van der Waals surface area contributed by atoms with Crippen LogP contribution in [0.3, 0.4) is 0 Å². The van der Waals surface area contributed by atoms with E-state index in [1.165, 1.54) is 0 Å². The Kier molecular flexibility index (Phi) is 8.78.